The SMILES string of the molecule is CN(CCCC(=O)NCCNC(=O)O[C@H]1[C@@H](O)[C@H](n2cnc3c(N)ncnc32)O[C@@H]1COP(=O)(O)OP(=O)(O)NP(=O)(O)O)C(=O)c1ccccc1-c1c2ccc(=N)c(S(=O)(=O)O)c-2oc2c(S(=O)(=O)O)c(N)ccc12. The summed E-state index contributed by atoms with van der Waals surface area (Å²) in [6.45, 7) is -1.67. The molecule has 33 nitrogen and oxygen atoms in total. The van der Waals surface area contributed by atoms with Crippen LogP contribution in [0.5, 0.6) is 0 Å². The van der Waals surface area contributed by atoms with E-state index in [9.17, 15) is 68.9 Å². The van der Waals surface area contributed by atoms with Crippen molar-refractivity contribution in [3.63, 3.8) is 0 Å². The first-order valence-electron chi connectivity index (χ1n) is 21.4. The molecule has 38 heteroatoms. The zero-order chi connectivity index (χ0) is 55.9. The summed E-state index contributed by atoms with van der Waals surface area (Å²) in [7, 11) is -25.8. The second kappa shape index (κ2) is 21.9. The van der Waals surface area contributed by atoms with Gasteiger partial charge in [0.2, 0.25) is 5.91 Å². The first-order valence-corrected chi connectivity index (χ1v) is 28.9. The topological polar surface area (TPSA) is 521 Å². The van der Waals surface area contributed by atoms with Crippen LogP contribution in [0, 0.1) is 5.41 Å². The maximum atomic E-state index is 14.1. The fourth-order valence-corrected chi connectivity index (χ4v) is 12.8. The minimum atomic E-state index is -5.68. The van der Waals surface area contributed by atoms with Crippen molar-refractivity contribution >= 4 is 95.1 Å². The number of carbonyl (C=O) groups is 3. The van der Waals surface area contributed by atoms with Gasteiger partial charge in [-0.1, -0.05) is 18.2 Å². The van der Waals surface area contributed by atoms with Gasteiger partial charge in [-0.15, -0.1) is 4.86 Å². The van der Waals surface area contributed by atoms with Crippen LogP contribution in [0.25, 0.3) is 44.6 Å². The molecule has 2 aliphatic heterocycles. The van der Waals surface area contributed by atoms with E-state index in [1.165, 1.54) is 48.3 Å². The highest BCUT2D eigenvalue weighted by atomic mass is 32.2. The molecule has 0 radical (unpaired) electrons. The first kappa shape index (κ1) is 57.3. The lowest BCUT2D eigenvalue weighted by Gasteiger charge is -2.22. The van der Waals surface area contributed by atoms with E-state index in [0.29, 0.717) is 0 Å². The molecular formula is C38H44N11O22P3S2. The number of aliphatic hydroxyl groups excluding tert-OH is 1. The lowest BCUT2D eigenvalue weighted by Crippen LogP contribution is -2.42. The van der Waals surface area contributed by atoms with Gasteiger partial charge in [0.25, 0.3) is 26.1 Å². The van der Waals surface area contributed by atoms with Gasteiger partial charge in [0.15, 0.2) is 44.9 Å². The Morgan fingerprint density at radius 1 is 0.908 bits per heavy atom. The van der Waals surface area contributed by atoms with Gasteiger partial charge in [0.1, 0.15) is 24.1 Å². The zero-order valence-corrected chi connectivity index (χ0v) is 42.9. The number of benzene rings is 3. The highest BCUT2D eigenvalue weighted by Gasteiger charge is 2.49. The highest BCUT2D eigenvalue weighted by Crippen LogP contribution is 2.61. The Morgan fingerprint density at radius 3 is 2.28 bits per heavy atom. The third-order valence-electron chi connectivity index (χ3n) is 11.0. The monoisotopic (exact) mass is 1160 g/mol. The van der Waals surface area contributed by atoms with Crippen molar-refractivity contribution in [3.05, 3.63) is 72.1 Å². The molecule has 1 saturated heterocycles. The van der Waals surface area contributed by atoms with E-state index in [4.69, 9.17) is 45.1 Å². The number of fused-ring (bicyclic) bond motifs is 3. The number of carbonyl (C=O) groups excluding carboxylic acids is 3. The van der Waals surface area contributed by atoms with E-state index in [0.717, 1.165) is 34.2 Å². The number of amides is 3. The number of nitrogens with one attached hydrogen (secondary N) is 4. The molecule has 2 unspecified atom stereocenters. The second-order valence-corrected chi connectivity index (χ2v) is 23.8. The summed E-state index contributed by atoms with van der Waals surface area (Å²) in [6, 6.07) is 10.6. The standard InChI is InChI=1S/C38H44N11O22P3S2/c1-48(36(52)19-6-3-2-5-18(19)26-20-8-10-22(39)32(75(61,62)63)29(20)69-30-21(26)9-11-23(40)33(30)76(64,65)66)14-4-7-25(50)42-12-13-43-38(53)70-31-24(15-67-74(59,60)71-73(57,58)47-72(54,55)56)68-37(28(31)51)49-17-46-27-34(41)44-16-45-35(27)49/h2-3,5-6,8-11,16-17,24,28,31,37,39,51H,4,7,12-15,40H2,1H3,(H,42,50)(H,43,53)(H,59,60)(H2,41,44,45)(H,61,62,63)(H,64,65,66)(H4,47,54,55,56,57,58)/t24-,28-,31-,37-/m1/s1. The summed E-state index contributed by atoms with van der Waals surface area (Å²) in [4.78, 5) is 89.5. The Kier molecular flexibility index (Phi) is 16.6. The quantitative estimate of drug-likeness (QED) is 0.0162. The number of nitrogens with zero attached hydrogens (tertiary/aromatic N) is 5. The number of phosphoric acid groups is 1. The Morgan fingerprint density at radius 2 is 1.59 bits per heavy atom. The molecule has 1 fully saturated rings. The Labute approximate surface area is 426 Å². The molecule has 15 N–H and O–H groups in total. The molecule has 3 amide bonds. The molecular weight excluding hydrogens is 1120 g/mol. The van der Waals surface area contributed by atoms with Crippen molar-refractivity contribution in [2.45, 2.75) is 47.2 Å². The van der Waals surface area contributed by atoms with Crippen molar-refractivity contribution in [1.29, 1.82) is 5.41 Å². The molecule has 76 heavy (non-hydrogen) atoms. The molecule has 3 aliphatic rings. The van der Waals surface area contributed by atoms with Gasteiger partial charge in [-0.2, -0.15) is 21.1 Å². The zero-order valence-electron chi connectivity index (χ0n) is 38.6. The minimum Gasteiger partial charge on any atom is -0.453 e. The van der Waals surface area contributed by atoms with Crippen molar-refractivity contribution in [2.75, 3.05) is 44.8 Å². The predicted octanol–water partition coefficient (Wildman–Crippen LogP) is 0.420. The van der Waals surface area contributed by atoms with Crippen molar-refractivity contribution < 1.29 is 101 Å². The Balaban J connectivity index is 0.982. The van der Waals surface area contributed by atoms with Crippen LogP contribution >= 0.6 is 23.3 Å². The fourth-order valence-electron chi connectivity index (χ4n) is 7.89. The molecule has 7 rings (SSSR count). The molecule has 0 spiro atoms. The number of hydrogen-bond donors (Lipinski definition) is 13. The van der Waals surface area contributed by atoms with E-state index < -0.39 is 125 Å². The third-order valence-corrected chi connectivity index (χ3v) is 17.1. The maximum Gasteiger partial charge on any atom is 0.480 e. The van der Waals surface area contributed by atoms with Gasteiger partial charge in [-0.05, 0) is 42.3 Å². The number of ether oxygens (including phenoxy) is 2. The van der Waals surface area contributed by atoms with Crippen LogP contribution in [0.15, 0.2) is 75.4 Å². The van der Waals surface area contributed by atoms with Crippen molar-refractivity contribution in [3.8, 4) is 22.5 Å². The van der Waals surface area contributed by atoms with Gasteiger partial charge < -0.3 is 65.6 Å². The number of nitrogens with two attached hydrogens (primary N) is 2. The molecule has 410 valence electrons. The van der Waals surface area contributed by atoms with Gasteiger partial charge in [0.05, 0.1) is 24.0 Å². The average molecular weight is 1160 g/mol. The minimum absolute atomic E-state index is 0.00492. The van der Waals surface area contributed by atoms with Gasteiger partial charge >= 0.3 is 29.4 Å². The summed E-state index contributed by atoms with van der Waals surface area (Å²) in [5.41, 5.74) is 10.7. The van der Waals surface area contributed by atoms with Crippen LogP contribution in [0.1, 0.15) is 29.4 Å². The average Bonchev–Trinajstić information content (AvgIpc) is 3.87. The number of hydrogen-bond acceptors (Lipinski definition) is 22. The Bertz CT molecular complexity index is 3690. The normalized spacial score (nSPS) is 18.8. The van der Waals surface area contributed by atoms with Crippen LogP contribution in [0.3, 0.4) is 0 Å². The van der Waals surface area contributed by atoms with E-state index in [1.54, 1.807) is 0 Å². The lowest BCUT2D eigenvalue weighted by molar-refractivity contribution is -0.121. The largest absolute Gasteiger partial charge is 0.480 e. The number of anilines is 2. The fraction of sp³-hybridized carbons (Fsp3) is 0.289. The number of rotatable bonds is 20. The molecule has 6 atom stereocenters. The molecule has 0 bridgehead atoms. The predicted molar refractivity (Wildman–Crippen MR) is 257 cm³/mol. The van der Waals surface area contributed by atoms with Gasteiger partial charge in [-0.25, -0.2) is 33.4 Å². The number of aromatic nitrogens is 4. The number of aliphatic hydroxyl groups is 1. The van der Waals surface area contributed by atoms with E-state index in [-0.39, 0.29) is 77.1 Å². The van der Waals surface area contributed by atoms with Crippen LogP contribution in [-0.4, -0.2) is 145 Å². The van der Waals surface area contributed by atoms with Crippen LogP contribution in [0.2, 0.25) is 0 Å². The first-order chi connectivity index (χ1) is 35.4. The summed E-state index contributed by atoms with van der Waals surface area (Å²) in [6.07, 6.45) is -5.97. The summed E-state index contributed by atoms with van der Waals surface area (Å²) >= 11 is 0. The third kappa shape index (κ3) is 12.9. The van der Waals surface area contributed by atoms with Crippen molar-refractivity contribution in [1.82, 2.24) is 39.9 Å². The lowest BCUT2D eigenvalue weighted by atomic mass is 9.90. The van der Waals surface area contributed by atoms with Gasteiger partial charge in [0, 0.05) is 55.2 Å². The summed E-state index contributed by atoms with van der Waals surface area (Å²) < 4.78 is 133. The van der Waals surface area contributed by atoms with E-state index >= 15 is 0 Å². The van der Waals surface area contributed by atoms with Crippen LogP contribution in [0.4, 0.5) is 16.3 Å². The smallest absolute Gasteiger partial charge is 0.453 e. The summed E-state index contributed by atoms with van der Waals surface area (Å²) in [5.74, 6) is -1.94. The number of nitrogen functional groups attached to an aromatic ring is 2. The molecule has 4 heterocycles. The molecule has 1 aliphatic carbocycles. The second-order valence-electron chi connectivity index (χ2n) is 16.3. The number of alkyl carbamates (subject to hydrolysis) is 1. The molecule has 0 saturated carbocycles. The molecule has 2 aromatic carbocycles. The number of imidazole rings is 1. The molecule has 4 aromatic rings. The van der Waals surface area contributed by atoms with Crippen LogP contribution < -0.4 is 32.3 Å². The van der Waals surface area contributed by atoms with E-state index in [2.05, 4.69) is 29.9 Å². The summed E-state index contributed by atoms with van der Waals surface area (Å²) in [5, 5.41) is 23.6. The maximum absolute atomic E-state index is 14.1. The molecule has 2 aromatic heterocycles. The van der Waals surface area contributed by atoms with E-state index in [1.807, 2.05) is 0 Å². The van der Waals surface area contributed by atoms with Gasteiger partial charge in [-0.3, -0.25) is 33.2 Å². The van der Waals surface area contributed by atoms with Crippen molar-refractivity contribution in [2.24, 2.45) is 0 Å². The highest BCUT2D eigenvalue weighted by molar-refractivity contribution is 7.86. The Hall–Kier alpha value is -6.36. The van der Waals surface area contributed by atoms with Crippen LogP contribution in [-0.2, 0) is 57.0 Å². The number of phosphoric ester groups is 1.